The van der Waals surface area contributed by atoms with Gasteiger partial charge in [0.2, 0.25) is 5.91 Å². The summed E-state index contributed by atoms with van der Waals surface area (Å²) in [6, 6.07) is 0. The minimum atomic E-state index is -0.0712. The SMILES string of the molecule is NC(=O)C1(C2CC2)CCCCC1. The molecule has 2 rings (SSSR count). The van der Waals surface area contributed by atoms with Crippen LogP contribution in [0.5, 0.6) is 0 Å². The molecule has 0 aromatic carbocycles. The van der Waals surface area contributed by atoms with Gasteiger partial charge in [-0.3, -0.25) is 4.79 Å². The van der Waals surface area contributed by atoms with E-state index in [1.165, 1.54) is 32.1 Å². The highest BCUT2D eigenvalue weighted by molar-refractivity contribution is 5.81. The van der Waals surface area contributed by atoms with Crippen molar-refractivity contribution in [3.8, 4) is 0 Å². The molecule has 1 amide bonds. The number of primary amides is 1. The molecule has 2 aliphatic rings. The van der Waals surface area contributed by atoms with Crippen molar-refractivity contribution in [3.05, 3.63) is 0 Å². The van der Waals surface area contributed by atoms with Crippen molar-refractivity contribution < 1.29 is 4.79 Å². The lowest BCUT2D eigenvalue weighted by molar-refractivity contribution is -0.131. The molecule has 0 aliphatic heterocycles. The van der Waals surface area contributed by atoms with Gasteiger partial charge in [-0.1, -0.05) is 19.3 Å². The van der Waals surface area contributed by atoms with Crippen molar-refractivity contribution in [3.63, 3.8) is 0 Å². The van der Waals surface area contributed by atoms with Gasteiger partial charge in [0, 0.05) is 0 Å². The number of carbonyl (C=O) groups excluding carboxylic acids is 1. The van der Waals surface area contributed by atoms with E-state index in [0.29, 0.717) is 5.92 Å². The molecular weight excluding hydrogens is 150 g/mol. The summed E-state index contributed by atoms with van der Waals surface area (Å²) in [5.41, 5.74) is 5.43. The minimum Gasteiger partial charge on any atom is -0.369 e. The molecule has 12 heavy (non-hydrogen) atoms. The van der Waals surface area contributed by atoms with Crippen molar-refractivity contribution >= 4 is 5.91 Å². The Morgan fingerprint density at radius 1 is 1.17 bits per heavy atom. The standard InChI is InChI=1S/C10H17NO/c11-9(12)10(8-4-5-8)6-2-1-3-7-10/h8H,1-7H2,(H2,11,12). The van der Waals surface area contributed by atoms with E-state index < -0.39 is 0 Å². The molecule has 2 aliphatic carbocycles. The van der Waals surface area contributed by atoms with E-state index in [9.17, 15) is 4.79 Å². The summed E-state index contributed by atoms with van der Waals surface area (Å²) in [7, 11) is 0. The maximum Gasteiger partial charge on any atom is 0.223 e. The molecule has 0 aromatic rings. The lowest BCUT2D eigenvalue weighted by Gasteiger charge is -2.34. The fourth-order valence-electron chi connectivity index (χ4n) is 2.67. The highest BCUT2D eigenvalue weighted by Crippen LogP contribution is 2.53. The van der Waals surface area contributed by atoms with E-state index in [0.717, 1.165) is 12.8 Å². The highest BCUT2D eigenvalue weighted by atomic mass is 16.1. The zero-order valence-electron chi connectivity index (χ0n) is 7.51. The molecule has 2 fully saturated rings. The molecule has 0 unspecified atom stereocenters. The summed E-state index contributed by atoms with van der Waals surface area (Å²) < 4.78 is 0. The topological polar surface area (TPSA) is 43.1 Å². The maximum absolute atomic E-state index is 11.4. The fraction of sp³-hybridized carbons (Fsp3) is 0.900. The first-order chi connectivity index (χ1) is 5.76. The quantitative estimate of drug-likeness (QED) is 0.670. The third-order valence-corrected chi connectivity index (χ3v) is 3.60. The van der Waals surface area contributed by atoms with Crippen LogP contribution in [0.3, 0.4) is 0 Å². The minimum absolute atomic E-state index is 0.0234. The summed E-state index contributed by atoms with van der Waals surface area (Å²) in [6.07, 6.45) is 8.31. The first-order valence-corrected chi connectivity index (χ1v) is 5.06. The Bertz CT molecular complexity index is 190. The summed E-state index contributed by atoms with van der Waals surface area (Å²) in [4.78, 5) is 11.4. The monoisotopic (exact) mass is 167 g/mol. The van der Waals surface area contributed by atoms with E-state index in [4.69, 9.17) is 5.73 Å². The average Bonchev–Trinajstić information content (AvgIpc) is 2.88. The van der Waals surface area contributed by atoms with Crippen molar-refractivity contribution in [2.75, 3.05) is 0 Å². The smallest absolute Gasteiger partial charge is 0.223 e. The average molecular weight is 167 g/mol. The Morgan fingerprint density at radius 3 is 2.17 bits per heavy atom. The largest absolute Gasteiger partial charge is 0.369 e. The van der Waals surface area contributed by atoms with Crippen molar-refractivity contribution in [1.29, 1.82) is 0 Å². The highest BCUT2D eigenvalue weighted by Gasteiger charge is 2.49. The predicted molar refractivity (Wildman–Crippen MR) is 47.4 cm³/mol. The van der Waals surface area contributed by atoms with Crippen LogP contribution in [0.4, 0.5) is 0 Å². The number of hydrogen-bond acceptors (Lipinski definition) is 1. The molecule has 2 saturated carbocycles. The van der Waals surface area contributed by atoms with Gasteiger partial charge in [-0.25, -0.2) is 0 Å². The normalized spacial score (nSPS) is 28.3. The second-order valence-corrected chi connectivity index (χ2v) is 4.36. The molecule has 0 atom stereocenters. The van der Waals surface area contributed by atoms with Gasteiger partial charge in [0.25, 0.3) is 0 Å². The van der Waals surface area contributed by atoms with Crippen LogP contribution < -0.4 is 5.73 Å². The van der Waals surface area contributed by atoms with E-state index in [-0.39, 0.29) is 11.3 Å². The van der Waals surface area contributed by atoms with Gasteiger partial charge in [0.05, 0.1) is 5.41 Å². The Balaban J connectivity index is 2.13. The fourth-order valence-corrected chi connectivity index (χ4v) is 2.67. The lowest BCUT2D eigenvalue weighted by atomic mass is 9.70. The lowest BCUT2D eigenvalue weighted by Crippen LogP contribution is -2.40. The van der Waals surface area contributed by atoms with Crippen LogP contribution in [0.2, 0.25) is 0 Å². The summed E-state index contributed by atoms with van der Waals surface area (Å²) in [5.74, 6) is 0.625. The van der Waals surface area contributed by atoms with Crippen LogP contribution in [0.15, 0.2) is 0 Å². The molecule has 0 heterocycles. The van der Waals surface area contributed by atoms with Gasteiger partial charge >= 0.3 is 0 Å². The van der Waals surface area contributed by atoms with Crippen molar-refractivity contribution in [2.45, 2.75) is 44.9 Å². The van der Waals surface area contributed by atoms with Gasteiger partial charge in [-0.05, 0) is 31.6 Å². The van der Waals surface area contributed by atoms with E-state index in [1.54, 1.807) is 0 Å². The van der Waals surface area contributed by atoms with Crippen LogP contribution in [0.1, 0.15) is 44.9 Å². The molecule has 0 aromatic heterocycles. The molecule has 0 radical (unpaired) electrons. The van der Waals surface area contributed by atoms with Gasteiger partial charge in [-0.15, -0.1) is 0 Å². The Morgan fingerprint density at radius 2 is 1.75 bits per heavy atom. The summed E-state index contributed by atoms with van der Waals surface area (Å²) in [6.45, 7) is 0. The third-order valence-electron chi connectivity index (χ3n) is 3.60. The van der Waals surface area contributed by atoms with Gasteiger partial charge in [0.1, 0.15) is 0 Å². The van der Waals surface area contributed by atoms with E-state index in [1.807, 2.05) is 0 Å². The van der Waals surface area contributed by atoms with Crippen LogP contribution in [-0.2, 0) is 4.79 Å². The number of rotatable bonds is 2. The second kappa shape index (κ2) is 2.75. The molecule has 2 nitrogen and oxygen atoms in total. The van der Waals surface area contributed by atoms with Crippen LogP contribution in [-0.4, -0.2) is 5.91 Å². The Hall–Kier alpha value is -0.530. The molecule has 0 bridgehead atoms. The van der Waals surface area contributed by atoms with Gasteiger partial charge < -0.3 is 5.73 Å². The predicted octanol–water partition coefficient (Wildman–Crippen LogP) is 1.83. The molecular formula is C10H17NO. The summed E-state index contributed by atoms with van der Waals surface area (Å²) in [5, 5.41) is 0. The Labute approximate surface area is 73.5 Å². The van der Waals surface area contributed by atoms with Gasteiger partial charge in [-0.2, -0.15) is 0 Å². The second-order valence-electron chi connectivity index (χ2n) is 4.36. The first-order valence-electron chi connectivity index (χ1n) is 5.06. The van der Waals surface area contributed by atoms with Crippen LogP contribution >= 0.6 is 0 Å². The van der Waals surface area contributed by atoms with Gasteiger partial charge in [0.15, 0.2) is 0 Å². The zero-order chi connectivity index (χ0) is 8.60. The van der Waals surface area contributed by atoms with E-state index >= 15 is 0 Å². The van der Waals surface area contributed by atoms with Crippen LogP contribution in [0, 0.1) is 11.3 Å². The molecule has 68 valence electrons. The summed E-state index contributed by atoms with van der Waals surface area (Å²) >= 11 is 0. The molecule has 2 N–H and O–H groups in total. The molecule has 0 saturated heterocycles. The number of hydrogen-bond donors (Lipinski definition) is 1. The van der Waals surface area contributed by atoms with Crippen molar-refractivity contribution in [1.82, 2.24) is 0 Å². The Kier molecular flexibility index (Phi) is 1.85. The number of carbonyl (C=O) groups is 1. The third kappa shape index (κ3) is 1.13. The molecule has 0 spiro atoms. The maximum atomic E-state index is 11.4. The van der Waals surface area contributed by atoms with Crippen LogP contribution in [0.25, 0.3) is 0 Å². The van der Waals surface area contributed by atoms with Crippen molar-refractivity contribution in [2.24, 2.45) is 17.1 Å². The zero-order valence-corrected chi connectivity index (χ0v) is 7.51. The number of nitrogens with two attached hydrogens (primary N) is 1. The number of amides is 1. The van der Waals surface area contributed by atoms with E-state index in [2.05, 4.69) is 0 Å². The first kappa shape index (κ1) is 8.09. The molecule has 2 heteroatoms.